The summed E-state index contributed by atoms with van der Waals surface area (Å²) in [5.41, 5.74) is -0.968. The predicted octanol–water partition coefficient (Wildman–Crippen LogP) is 1.95. The topological polar surface area (TPSA) is 92.4 Å². The molecular formula is C19H20F2N4O3. The van der Waals surface area contributed by atoms with E-state index >= 15 is 0 Å². The van der Waals surface area contributed by atoms with E-state index in [-0.39, 0.29) is 24.4 Å². The number of phenols is 1. The van der Waals surface area contributed by atoms with Crippen LogP contribution in [0.3, 0.4) is 0 Å². The van der Waals surface area contributed by atoms with Crippen LogP contribution in [0, 0.1) is 11.6 Å². The molecule has 1 atom stereocenters. The lowest BCUT2D eigenvalue weighted by molar-refractivity contribution is 0.0117. The average molecular weight is 390 g/mol. The molecule has 0 aliphatic carbocycles. The standard InChI is InChI=1S/C19H20F2N4O3/c1-28-18-6-13(2-5-17(18)26)8-22-9-19(27,10-25-12-23-11-24-25)15-4-3-14(20)7-16(15)21/h2-7,11-12,22,26-27H,8-10H2,1H3. The number of nitrogens with one attached hydrogen (secondary N) is 1. The number of ether oxygens (including phenoxy) is 1. The van der Waals surface area contributed by atoms with E-state index in [0.717, 1.165) is 17.7 Å². The van der Waals surface area contributed by atoms with E-state index in [0.29, 0.717) is 12.3 Å². The molecule has 0 radical (unpaired) electrons. The molecule has 7 nitrogen and oxygen atoms in total. The summed E-state index contributed by atoms with van der Waals surface area (Å²) in [6.45, 7) is 0.194. The molecule has 3 aromatic rings. The smallest absolute Gasteiger partial charge is 0.160 e. The number of rotatable bonds is 8. The van der Waals surface area contributed by atoms with Crippen LogP contribution in [0.5, 0.6) is 11.5 Å². The molecule has 28 heavy (non-hydrogen) atoms. The number of benzene rings is 2. The van der Waals surface area contributed by atoms with E-state index in [4.69, 9.17) is 4.74 Å². The van der Waals surface area contributed by atoms with Crippen molar-refractivity contribution in [3.8, 4) is 11.5 Å². The van der Waals surface area contributed by atoms with Gasteiger partial charge in [-0.1, -0.05) is 12.1 Å². The SMILES string of the molecule is COc1cc(CNCC(O)(Cn2cncn2)c2ccc(F)cc2F)ccc1O. The van der Waals surface area contributed by atoms with Crippen molar-refractivity contribution in [2.45, 2.75) is 18.7 Å². The van der Waals surface area contributed by atoms with E-state index in [9.17, 15) is 19.0 Å². The molecule has 0 amide bonds. The molecule has 0 saturated heterocycles. The zero-order valence-electron chi connectivity index (χ0n) is 15.1. The van der Waals surface area contributed by atoms with E-state index in [1.54, 1.807) is 12.1 Å². The number of methoxy groups -OCH3 is 1. The molecule has 2 aromatic carbocycles. The second-order valence-electron chi connectivity index (χ2n) is 6.36. The first-order chi connectivity index (χ1) is 13.4. The van der Waals surface area contributed by atoms with Gasteiger partial charge >= 0.3 is 0 Å². The van der Waals surface area contributed by atoms with Crippen LogP contribution in [0.4, 0.5) is 8.78 Å². The molecule has 0 spiro atoms. The van der Waals surface area contributed by atoms with Gasteiger partial charge < -0.3 is 20.3 Å². The Morgan fingerprint density at radius 3 is 2.71 bits per heavy atom. The Labute approximate surface area is 160 Å². The van der Waals surface area contributed by atoms with Gasteiger partial charge in [-0.3, -0.25) is 0 Å². The Hall–Kier alpha value is -3.04. The fourth-order valence-corrected chi connectivity index (χ4v) is 2.93. The minimum absolute atomic E-state index is 0.0160. The third kappa shape index (κ3) is 4.44. The van der Waals surface area contributed by atoms with Crippen LogP contribution < -0.4 is 10.1 Å². The van der Waals surface area contributed by atoms with E-state index in [1.807, 2.05) is 0 Å². The number of phenolic OH excluding ortho intramolecular Hbond substituents is 1. The summed E-state index contributed by atoms with van der Waals surface area (Å²) in [7, 11) is 1.44. The van der Waals surface area contributed by atoms with Gasteiger partial charge in [-0.05, 0) is 23.8 Å². The summed E-state index contributed by atoms with van der Waals surface area (Å²) in [6, 6.07) is 7.88. The van der Waals surface area contributed by atoms with Crippen molar-refractivity contribution >= 4 is 0 Å². The van der Waals surface area contributed by atoms with E-state index < -0.39 is 17.2 Å². The highest BCUT2D eigenvalue weighted by molar-refractivity contribution is 5.41. The Morgan fingerprint density at radius 2 is 2.04 bits per heavy atom. The molecule has 0 aliphatic rings. The fourth-order valence-electron chi connectivity index (χ4n) is 2.93. The Balaban J connectivity index is 1.79. The largest absolute Gasteiger partial charge is 0.504 e. The van der Waals surface area contributed by atoms with Crippen LogP contribution in [0.2, 0.25) is 0 Å². The number of halogens is 2. The third-order valence-corrected chi connectivity index (χ3v) is 4.31. The summed E-state index contributed by atoms with van der Waals surface area (Å²) in [5.74, 6) is -1.24. The number of aromatic hydroxyl groups is 1. The van der Waals surface area contributed by atoms with Crippen LogP contribution in [0.25, 0.3) is 0 Å². The molecule has 148 valence electrons. The quantitative estimate of drug-likeness (QED) is 0.545. The molecule has 3 N–H and O–H groups in total. The number of nitrogens with zero attached hydrogens (tertiary/aromatic N) is 3. The van der Waals surface area contributed by atoms with Crippen molar-refractivity contribution < 1.29 is 23.7 Å². The summed E-state index contributed by atoms with van der Waals surface area (Å²) < 4.78 is 34.1. The summed E-state index contributed by atoms with van der Waals surface area (Å²) in [6.07, 6.45) is 2.70. The molecule has 1 aromatic heterocycles. The van der Waals surface area contributed by atoms with Gasteiger partial charge in [0, 0.05) is 24.7 Å². The van der Waals surface area contributed by atoms with Gasteiger partial charge in [0.15, 0.2) is 11.5 Å². The lowest BCUT2D eigenvalue weighted by Crippen LogP contribution is -2.42. The summed E-state index contributed by atoms with van der Waals surface area (Å²) in [4.78, 5) is 3.82. The highest BCUT2D eigenvalue weighted by atomic mass is 19.1. The normalized spacial score (nSPS) is 13.3. The lowest BCUT2D eigenvalue weighted by atomic mass is 9.92. The maximum absolute atomic E-state index is 14.4. The van der Waals surface area contributed by atoms with Crippen molar-refractivity contribution in [2.75, 3.05) is 13.7 Å². The van der Waals surface area contributed by atoms with Gasteiger partial charge in [0.05, 0.1) is 13.7 Å². The molecule has 0 aliphatic heterocycles. The van der Waals surface area contributed by atoms with Crippen LogP contribution >= 0.6 is 0 Å². The van der Waals surface area contributed by atoms with E-state index in [2.05, 4.69) is 15.4 Å². The minimum atomic E-state index is -1.70. The molecule has 0 bridgehead atoms. The highest BCUT2D eigenvalue weighted by Crippen LogP contribution is 2.28. The Kier molecular flexibility index (Phi) is 5.86. The van der Waals surface area contributed by atoms with Crippen molar-refractivity contribution in [2.24, 2.45) is 0 Å². The first kappa shape index (κ1) is 19.7. The monoisotopic (exact) mass is 390 g/mol. The maximum Gasteiger partial charge on any atom is 0.160 e. The van der Waals surface area contributed by atoms with Crippen molar-refractivity contribution in [3.63, 3.8) is 0 Å². The second-order valence-corrected chi connectivity index (χ2v) is 6.36. The third-order valence-electron chi connectivity index (χ3n) is 4.31. The molecular weight excluding hydrogens is 370 g/mol. The molecule has 1 unspecified atom stereocenters. The van der Waals surface area contributed by atoms with Crippen LogP contribution in [-0.4, -0.2) is 38.6 Å². The van der Waals surface area contributed by atoms with Gasteiger partial charge in [0.25, 0.3) is 0 Å². The maximum atomic E-state index is 14.4. The van der Waals surface area contributed by atoms with Gasteiger partial charge in [0.2, 0.25) is 0 Å². The first-order valence-electron chi connectivity index (χ1n) is 8.48. The van der Waals surface area contributed by atoms with Crippen LogP contribution in [0.1, 0.15) is 11.1 Å². The summed E-state index contributed by atoms with van der Waals surface area (Å²) in [5, 5.41) is 27.8. The zero-order chi connectivity index (χ0) is 20.1. The number of hydrogen-bond donors (Lipinski definition) is 3. The average Bonchev–Trinajstić information content (AvgIpc) is 3.15. The van der Waals surface area contributed by atoms with Crippen molar-refractivity contribution in [1.29, 1.82) is 0 Å². The fraction of sp³-hybridized carbons (Fsp3) is 0.263. The number of hydrogen-bond acceptors (Lipinski definition) is 6. The van der Waals surface area contributed by atoms with Crippen molar-refractivity contribution in [3.05, 3.63) is 71.8 Å². The number of aliphatic hydroxyl groups is 1. The minimum Gasteiger partial charge on any atom is -0.504 e. The molecule has 9 heteroatoms. The predicted molar refractivity (Wildman–Crippen MR) is 96.6 cm³/mol. The lowest BCUT2D eigenvalue weighted by Gasteiger charge is -2.29. The second kappa shape index (κ2) is 8.32. The molecule has 0 saturated carbocycles. The Morgan fingerprint density at radius 1 is 1.21 bits per heavy atom. The van der Waals surface area contributed by atoms with E-state index in [1.165, 1.54) is 36.6 Å². The molecule has 1 heterocycles. The van der Waals surface area contributed by atoms with Crippen LogP contribution in [0.15, 0.2) is 49.1 Å². The van der Waals surface area contributed by atoms with Gasteiger partial charge in [-0.25, -0.2) is 18.4 Å². The molecule has 3 rings (SSSR count). The summed E-state index contributed by atoms with van der Waals surface area (Å²) >= 11 is 0. The zero-order valence-corrected chi connectivity index (χ0v) is 15.1. The number of aromatic nitrogens is 3. The Bertz CT molecular complexity index is 937. The van der Waals surface area contributed by atoms with Crippen molar-refractivity contribution in [1.82, 2.24) is 20.1 Å². The van der Waals surface area contributed by atoms with Gasteiger partial charge in [0.1, 0.15) is 29.9 Å². The van der Waals surface area contributed by atoms with Gasteiger partial charge in [-0.15, -0.1) is 0 Å². The first-order valence-corrected chi connectivity index (χ1v) is 8.48. The van der Waals surface area contributed by atoms with Gasteiger partial charge in [-0.2, -0.15) is 5.10 Å². The molecule has 0 fully saturated rings. The van der Waals surface area contributed by atoms with Crippen LogP contribution in [-0.2, 0) is 18.7 Å². The highest BCUT2D eigenvalue weighted by Gasteiger charge is 2.33.